The average molecular weight is 1870 g/mol. The molecule has 0 aliphatic heterocycles. The monoisotopic (exact) mass is 1870 g/mol. The Morgan fingerprint density at radius 3 is 0.701 bits per heavy atom. The van der Waals surface area contributed by atoms with E-state index in [0.29, 0.717) is 5.92 Å². The molecule has 690 valence electrons. The lowest BCUT2D eigenvalue weighted by molar-refractivity contribution is 0.869. The maximum absolute atomic E-state index is 2.52. The Morgan fingerprint density at radius 2 is 0.381 bits per heavy atom. The van der Waals surface area contributed by atoms with Gasteiger partial charge in [-0.05, 0) is 242 Å². The summed E-state index contributed by atoms with van der Waals surface area (Å²) in [6.45, 7) is 9.02. The standard InChI is InChI=1S/C49H35N.C48H33N.C47H31N/c1-31(2)35-23-27-39-36(30-35)24-29-45-44-28-22-32-12-6-7-15-38(32)48(44)50(49(39)45)37-25-20-34(21-26-37)47-42-18-10-8-16-40(42)46(33-13-4-3-5-14-33)41-17-9-11-19-43(41)47;1-2-31-16-12-22-42-36(31)29-30-44-43-28-25-32-13-6-7-17-37(32)47(43)49(48(42)44)35-26-23-34(24-27-35)46-40-20-10-8-18-38(40)45(33-14-4-3-5-15-33)39-19-9-11-21-41(39)46;1-30-29-43-42-28-25-31-13-5-6-17-36(31)46(42)48(47(43)41-22-12-7-16-35(30)41)34-26-23-33(24-27-34)45-39-20-10-8-18-37(39)44(32-14-3-2-4-15-32)38-19-9-11-21-40(38)45/h3-31H,1-2H3;3-30H,2H2,1H3;2-29H,1H3. The Hall–Kier alpha value is -18.5. The molecule has 0 amide bonds. The van der Waals surface area contributed by atoms with Crippen molar-refractivity contribution in [2.24, 2.45) is 0 Å². The lowest BCUT2D eigenvalue weighted by Gasteiger charge is -2.18. The summed E-state index contributed by atoms with van der Waals surface area (Å²) in [5.74, 6) is 0.478. The van der Waals surface area contributed by atoms with E-state index >= 15 is 0 Å². The SMILES string of the molecule is CC(C)c1ccc2c(ccc3c4ccc5ccccc5c4n(-c4ccc(-c5c6ccccc6c(-c6ccccc6)c6ccccc56)cc4)c23)c1.CCc1cccc2c1ccc1c3ccc4ccccc4c3n(-c3ccc(-c4c5ccccc5c(-c5ccccc5)c5ccccc45)cc3)c21.Cc1cc2c3ccc4ccccc4c3n(-c3ccc(-c4c5ccccc5c(-c5ccccc5)c5ccccc45)cc3)c2c2ccccc12. The fourth-order valence-corrected chi connectivity index (χ4v) is 25.0. The smallest absolute Gasteiger partial charge is 0.0619 e. The number of nitrogens with zero attached hydrogens (tertiary/aromatic N) is 3. The van der Waals surface area contributed by atoms with Crippen molar-refractivity contribution < 1.29 is 0 Å². The molecule has 0 fully saturated rings. The van der Waals surface area contributed by atoms with Crippen LogP contribution in [0, 0.1) is 6.92 Å². The third-order valence-corrected chi connectivity index (χ3v) is 31.5. The molecule has 0 atom stereocenters. The van der Waals surface area contributed by atoms with E-state index in [4.69, 9.17) is 0 Å². The minimum atomic E-state index is 0.478. The highest BCUT2D eigenvalue weighted by Crippen LogP contribution is 2.52. The molecule has 0 aliphatic rings. The van der Waals surface area contributed by atoms with Gasteiger partial charge in [0.2, 0.25) is 0 Å². The molecule has 0 aliphatic carbocycles. The van der Waals surface area contributed by atoms with Crippen molar-refractivity contribution in [3.8, 4) is 83.8 Å². The fourth-order valence-electron chi connectivity index (χ4n) is 25.0. The molecule has 3 nitrogen and oxygen atoms in total. The van der Waals surface area contributed by atoms with Gasteiger partial charge in [-0.25, -0.2) is 0 Å². The van der Waals surface area contributed by atoms with Crippen molar-refractivity contribution >= 4 is 195 Å². The van der Waals surface area contributed by atoms with Gasteiger partial charge >= 0.3 is 0 Å². The molecule has 0 saturated heterocycles. The van der Waals surface area contributed by atoms with Gasteiger partial charge < -0.3 is 13.7 Å². The van der Waals surface area contributed by atoms with Crippen LogP contribution in [-0.2, 0) is 6.42 Å². The molecule has 30 rings (SSSR count). The second kappa shape index (κ2) is 35.3. The van der Waals surface area contributed by atoms with Crippen molar-refractivity contribution in [1.82, 2.24) is 13.7 Å². The van der Waals surface area contributed by atoms with Crippen LogP contribution in [0.5, 0.6) is 0 Å². The molecule has 3 aromatic heterocycles. The van der Waals surface area contributed by atoms with Crippen LogP contribution in [0.4, 0.5) is 0 Å². The Balaban J connectivity index is 0.000000107. The molecule has 0 unspecified atom stereocenters. The highest BCUT2D eigenvalue weighted by molar-refractivity contribution is 6.30. The van der Waals surface area contributed by atoms with Gasteiger partial charge in [-0.15, -0.1) is 0 Å². The molecular weight excluding hydrogens is 1770 g/mol. The predicted octanol–water partition coefficient (Wildman–Crippen LogP) is 40.2. The first kappa shape index (κ1) is 86.4. The Bertz CT molecular complexity index is 10400. The number of hydrogen-bond acceptors (Lipinski definition) is 0. The summed E-state index contributed by atoms with van der Waals surface area (Å²) in [5.41, 5.74) is 30.2. The molecule has 30 aromatic rings. The van der Waals surface area contributed by atoms with Crippen LogP contribution in [-0.4, -0.2) is 13.7 Å². The van der Waals surface area contributed by atoms with E-state index in [1.165, 1.54) is 295 Å². The number of aryl methyl sites for hydroxylation is 2. The fraction of sp³-hybridized carbons (Fsp3) is 0.0417. The summed E-state index contributed by atoms with van der Waals surface area (Å²) in [6, 6.07) is 188. The van der Waals surface area contributed by atoms with Gasteiger partial charge in [-0.1, -0.05) is 488 Å². The van der Waals surface area contributed by atoms with Gasteiger partial charge in [0.15, 0.2) is 0 Å². The topological polar surface area (TPSA) is 14.8 Å². The third kappa shape index (κ3) is 13.9. The van der Waals surface area contributed by atoms with Crippen LogP contribution in [0.25, 0.3) is 279 Å². The number of rotatable bonds is 11. The van der Waals surface area contributed by atoms with Crippen molar-refractivity contribution in [1.29, 1.82) is 0 Å². The van der Waals surface area contributed by atoms with Crippen LogP contribution in [0.1, 0.15) is 43.4 Å². The highest BCUT2D eigenvalue weighted by Gasteiger charge is 2.27. The lowest BCUT2D eigenvalue weighted by Crippen LogP contribution is -1.96. The summed E-state index contributed by atoms with van der Waals surface area (Å²) in [4.78, 5) is 0. The van der Waals surface area contributed by atoms with E-state index < -0.39 is 0 Å². The average Bonchev–Trinajstić information content (AvgIpc) is 1.61. The highest BCUT2D eigenvalue weighted by atomic mass is 15.0. The van der Waals surface area contributed by atoms with E-state index in [2.05, 4.69) is 551 Å². The van der Waals surface area contributed by atoms with Crippen LogP contribution < -0.4 is 0 Å². The van der Waals surface area contributed by atoms with E-state index in [-0.39, 0.29) is 0 Å². The first-order valence-electron chi connectivity index (χ1n) is 51.6. The molecule has 0 saturated carbocycles. The minimum absolute atomic E-state index is 0.478. The molecule has 0 bridgehead atoms. The van der Waals surface area contributed by atoms with Crippen LogP contribution in [0.15, 0.2) is 510 Å². The van der Waals surface area contributed by atoms with E-state index in [1.807, 2.05) is 0 Å². The zero-order valence-corrected chi connectivity index (χ0v) is 82.1. The van der Waals surface area contributed by atoms with Crippen LogP contribution >= 0.6 is 0 Å². The number of benzene rings is 27. The second-order valence-electron chi connectivity index (χ2n) is 39.9. The summed E-state index contributed by atoms with van der Waals surface area (Å²) in [5, 5.41) is 38.4. The largest absolute Gasteiger partial charge is 0.308 e. The normalized spacial score (nSPS) is 11.9. The summed E-state index contributed by atoms with van der Waals surface area (Å²) in [6.07, 6.45) is 1.01. The first-order chi connectivity index (χ1) is 72.7. The third-order valence-electron chi connectivity index (χ3n) is 31.5. The number of hydrogen-bond donors (Lipinski definition) is 0. The van der Waals surface area contributed by atoms with Gasteiger partial charge in [-0.2, -0.15) is 0 Å². The quantitative estimate of drug-likeness (QED) is 0.115. The summed E-state index contributed by atoms with van der Waals surface area (Å²) >= 11 is 0. The summed E-state index contributed by atoms with van der Waals surface area (Å²) in [7, 11) is 0. The maximum Gasteiger partial charge on any atom is 0.0619 e. The summed E-state index contributed by atoms with van der Waals surface area (Å²) < 4.78 is 7.55. The predicted molar refractivity (Wildman–Crippen MR) is 633 cm³/mol. The molecule has 27 aromatic carbocycles. The zero-order chi connectivity index (χ0) is 97.6. The van der Waals surface area contributed by atoms with Gasteiger partial charge in [-0.3, -0.25) is 0 Å². The van der Waals surface area contributed by atoms with Gasteiger partial charge in [0, 0.05) is 81.7 Å². The second-order valence-corrected chi connectivity index (χ2v) is 39.9. The van der Waals surface area contributed by atoms with E-state index in [0.717, 1.165) is 6.42 Å². The van der Waals surface area contributed by atoms with E-state index in [9.17, 15) is 0 Å². The Kier molecular flexibility index (Phi) is 20.7. The number of aromatic nitrogens is 3. The van der Waals surface area contributed by atoms with Crippen LogP contribution in [0.3, 0.4) is 0 Å². The van der Waals surface area contributed by atoms with Crippen molar-refractivity contribution in [3.05, 3.63) is 526 Å². The van der Waals surface area contributed by atoms with Gasteiger partial charge in [0.05, 0.1) is 33.1 Å². The van der Waals surface area contributed by atoms with Gasteiger partial charge in [0.1, 0.15) is 0 Å². The molecular formula is C144H99N3. The minimum Gasteiger partial charge on any atom is -0.308 e. The molecule has 0 spiro atoms. The van der Waals surface area contributed by atoms with Crippen molar-refractivity contribution in [2.45, 2.75) is 40.0 Å². The van der Waals surface area contributed by atoms with Crippen molar-refractivity contribution in [2.75, 3.05) is 0 Å². The molecule has 0 N–H and O–H groups in total. The zero-order valence-electron chi connectivity index (χ0n) is 82.1. The number of fused-ring (bicyclic) bond motifs is 27. The van der Waals surface area contributed by atoms with Crippen LogP contribution in [0.2, 0.25) is 0 Å². The molecule has 3 heteroatoms. The molecule has 0 radical (unpaired) electrons. The first-order valence-corrected chi connectivity index (χ1v) is 51.6. The Morgan fingerprint density at radius 1 is 0.163 bits per heavy atom. The van der Waals surface area contributed by atoms with Crippen molar-refractivity contribution in [3.63, 3.8) is 0 Å². The van der Waals surface area contributed by atoms with Gasteiger partial charge in [0.25, 0.3) is 0 Å². The maximum atomic E-state index is 2.52. The Labute approximate surface area is 852 Å². The lowest BCUT2D eigenvalue weighted by atomic mass is 9.86. The van der Waals surface area contributed by atoms with E-state index in [1.54, 1.807) is 0 Å². The molecule has 147 heavy (non-hydrogen) atoms. The molecule has 3 heterocycles.